The maximum atomic E-state index is 11.1. The topological polar surface area (TPSA) is 84.4 Å². The van der Waals surface area contributed by atoms with E-state index in [0.29, 0.717) is 19.8 Å². The Balaban J connectivity index is 4.89. The first-order valence-electron chi connectivity index (χ1n) is 12.0. The number of ether oxygens (including phenoxy) is 3. The molecule has 0 amide bonds. The lowest BCUT2D eigenvalue weighted by Gasteiger charge is -2.33. The maximum Gasteiger partial charge on any atom is 0.335 e. The van der Waals surface area contributed by atoms with Crippen LogP contribution in [0.3, 0.4) is 0 Å². The minimum atomic E-state index is -1.19. The van der Waals surface area contributed by atoms with Crippen LogP contribution in [0.5, 0.6) is 0 Å². The Morgan fingerprint density at radius 2 is 1.14 bits per heavy atom. The van der Waals surface area contributed by atoms with E-state index in [2.05, 4.69) is 20.8 Å². The number of hydrogen-bond donors (Lipinski definition) is 1. The molecule has 0 aromatic carbocycles. The molecule has 6 nitrogen and oxygen atoms in total. The van der Waals surface area contributed by atoms with Gasteiger partial charge in [0.15, 0.2) is 6.54 Å². The monoisotopic (exact) mass is 417 g/mol. The van der Waals surface area contributed by atoms with Gasteiger partial charge in [0.2, 0.25) is 0 Å². The molecule has 0 spiro atoms. The predicted octanol–water partition coefficient (Wildman–Crippen LogP) is 3.13. The Hall–Kier alpha value is -0.690. The molecule has 1 atom stereocenters. The molecule has 0 aromatic rings. The highest BCUT2D eigenvalue weighted by Crippen LogP contribution is 2.18. The second-order valence-corrected chi connectivity index (χ2v) is 7.96. The summed E-state index contributed by atoms with van der Waals surface area (Å²) in [5.74, 6) is -2.28. The van der Waals surface area contributed by atoms with Gasteiger partial charge in [0.05, 0.1) is 25.8 Å². The van der Waals surface area contributed by atoms with Gasteiger partial charge in [0, 0.05) is 0 Å². The first kappa shape index (κ1) is 28.3. The highest BCUT2D eigenvalue weighted by Gasteiger charge is 2.37. The van der Waals surface area contributed by atoms with E-state index in [1.165, 1.54) is 38.5 Å². The molecule has 1 unspecified atom stereocenters. The molecule has 174 valence electrons. The number of hydrogen-bond acceptors (Lipinski definition) is 5. The van der Waals surface area contributed by atoms with Crippen molar-refractivity contribution in [3.63, 3.8) is 0 Å². The van der Waals surface area contributed by atoms with Crippen molar-refractivity contribution in [1.29, 1.82) is 0 Å². The molecule has 2 N–H and O–H groups in total. The Kier molecular flexibility index (Phi) is 18.8. The van der Waals surface area contributed by atoms with E-state index in [1.807, 2.05) is 0 Å². The van der Waals surface area contributed by atoms with Crippen LogP contribution in [0.4, 0.5) is 0 Å². The lowest BCUT2D eigenvalue weighted by molar-refractivity contribution is -0.712. The molecule has 6 heteroatoms. The number of carboxylic acid groups (broad SMARTS) is 1. The van der Waals surface area contributed by atoms with E-state index in [9.17, 15) is 9.90 Å². The van der Waals surface area contributed by atoms with Crippen molar-refractivity contribution in [3.05, 3.63) is 0 Å². The number of carboxylic acids is 1. The molecule has 0 aliphatic heterocycles. The van der Waals surface area contributed by atoms with Crippen LogP contribution in [0.15, 0.2) is 0 Å². The van der Waals surface area contributed by atoms with Crippen molar-refractivity contribution in [2.75, 3.05) is 26.4 Å². The van der Waals surface area contributed by atoms with Crippen LogP contribution in [0.25, 0.3) is 0 Å². The zero-order valence-corrected chi connectivity index (χ0v) is 19.5. The summed E-state index contributed by atoms with van der Waals surface area (Å²) in [6, 6.07) is -0.676. The van der Waals surface area contributed by atoms with Crippen molar-refractivity contribution in [2.45, 2.75) is 117 Å². The van der Waals surface area contributed by atoms with E-state index in [0.717, 1.165) is 38.5 Å². The van der Waals surface area contributed by atoms with E-state index < -0.39 is 18.0 Å². The summed E-state index contributed by atoms with van der Waals surface area (Å²) in [6.45, 7) is 10.1. The van der Waals surface area contributed by atoms with Crippen molar-refractivity contribution >= 4 is 5.97 Å². The number of carbonyl (C=O) groups is 1. The molecule has 0 rings (SSSR count). The van der Waals surface area contributed by atoms with Crippen LogP contribution in [0.2, 0.25) is 0 Å². The van der Waals surface area contributed by atoms with Gasteiger partial charge in [-0.05, 0) is 26.2 Å². The minimum absolute atomic E-state index is 0.289. The molecule has 0 saturated carbocycles. The number of nitrogens with two attached hydrogens (primary N) is 1. The van der Waals surface area contributed by atoms with Gasteiger partial charge in [0.1, 0.15) is 6.04 Å². The summed E-state index contributed by atoms with van der Waals surface area (Å²) in [7, 11) is 0. The van der Waals surface area contributed by atoms with Crippen LogP contribution < -0.4 is 10.4 Å². The second kappa shape index (κ2) is 19.3. The average Bonchev–Trinajstić information content (AvgIpc) is 2.71. The van der Waals surface area contributed by atoms with E-state index >= 15 is 0 Å². The fourth-order valence-electron chi connectivity index (χ4n) is 2.99. The fourth-order valence-corrected chi connectivity index (χ4v) is 2.99. The lowest BCUT2D eigenvalue weighted by Crippen LogP contribution is -2.95. The van der Waals surface area contributed by atoms with Crippen LogP contribution in [-0.2, 0) is 19.0 Å². The van der Waals surface area contributed by atoms with E-state index in [4.69, 9.17) is 14.2 Å². The number of unbranched alkanes of at least 4 members (excludes halogenated alkanes) is 9. The Morgan fingerprint density at radius 3 is 1.45 bits per heavy atom. The molecule has 0 bridgehead atoms. The van der Waals surface area contributed by atoms with Crippen LogP contribution >= 0.6 is 0 Å². The first-order chi connectivity index (χ1) is 14.0. The van der Waals surface area contributed by atoms with Gasteiger partial charge in [0.25, 0.3) is 0 Å². The summed E-state index contributed by atoms with van der Waals surface area (Å²) in [5.41, 5.74) is 0. The molecule has 0 saturated heterocycles. The first-order valence-corrected chi connectivity index (χ1v) is 12.0. The fraction of sp³-hybridized carbons (Fsp3) is 0.957. The van der Waals surface area contributed by atoms with Crippen LogP contribution in [-0.4, -0.2) is 44.3 Å². The molecule has 0 aliphatic rings. The SMILES string of the molecule is CCCCCCOC(C[NH2+]C(C)C(=O)[O-])(OCCCCCC)OCCCCCC. The molecular formula is C23H47NO5. The Bertz CT molecular complexity index is 342. The third-order valence-corrected chi connectivity index (χ3v) is 5.05. The molecular weight excluding hydrogens is 370 g/mol. The number of aliphatic carboxylic acids is 1. The van der Waals surface area contributed by atoms with Crippen molar-refractivity contribution in [1.82, 2.24) is 0 Å². The van der Waals surface area contributed by atoms with Gasteiger partial charge < -0.3 is 29.4 Å². The van der Waals surface area contributed by atoms with Crippen molar-refractivity contribution < 1.29 is 29.4 Å². The minimum Gasteiger partial charge on any atom is -0.544 e. The number of quaternary nitrogens is 1. The Labute approximate surface area is 179 Å². The van der Waals surface area contributed by atoms with Gasteiger partial charge in [-0.2, -0.15) is 0 Å². The second-order valence-electron chi connectivity index (χ2n) is 7.96. The zero-order chi connectivity index (χ0) is 21.8. The molecule has 0 aromatic heterocycles. The quantitative estimate of drug-likeness (QED) is 0.216. The molecule has 0 aliphatic carbocycles. The molecule has 0 radical (unpaired) electrons. The maximum absolute atomic E-state index is 11.1. The van der Waals surface area contributed by atoms with Gasteiger partial charge in [-0.1, -0.05) is 78.6 Å². The summed E-state index contributed by atoms with van der Waals surface area (Å²) in [4.78, 5) is 11.1. The summed E-state index contributed by atoms with van der Waals surface area (Å²) in [6.07, 6.45) is 13.2. The van der Waals surface area contributed by atoms with Gasteiger partial charge >= 0.3 is 5.97 Å². The summed E-state index contributed by atoms with van der Waals surface area (Å²) < 4.78 is 18.4. The molecule has 0 heterocycles. The standard InChI is InChI=1S/C23H47NO5/c1-5-8-11-14-17-27-23(20-24-21(4)22(25)26,28-18-15-12-9-6-2)29-19-16-13-10-7-3/h21,24H,5-20H2,1-4H3,(H,25,26). The van der Waals surface area contributed by atoms with Crippen molar-refractivity contribution in [3.8, 4) is 0 Å². The van der Waals surface area contributed by atoms with Gasteiger partial charge in [-0.15, -0.1) is 0 Å². The summed E-state index contributed by atoms with van der Waals surface area (Å²) >= 11 is 0. The van der Waals surface area contributed by atoms with Gasteiger partial charge in [-0.25, -0.2) is 0 Å². The van der Waals surface area contributed by atoms with Gasteiger partial charge in [-0.3, -0.25) is 0 Å². The third-order valence-electron chi connectivity index (χ3n) is 5.05. The molecule has 29 heavy (non-hydrogen) atoms. The Morgan fingerprint density at radius 1 is 0.759 bits per heavy atom. The number of rotatable bonds is 22. The average molecular weight is 418 g/mol. The summed E-state index contributed by atoms with van der Waals surface area (Å²) in [5, 5.41) is 12.8. The highest BCUT2D eigenvalue weighted by atomic mass is 16.9. The number of carbonyl (C=O) groups excluding carboxylic acids is 1. The van der Waals surface area contributed by atoms with E-state index in [-0.39, 0.29) is 6.54 Å². The van der Waals surface area contributed by atoms with Crippen LogP contribution in [0, 0.1) is 0 Å². The smallest absolute Gasteiger partial charge is 0.335 e. The zero-order valence-electron chi connectivity index (χ0n) is 19.5. The van der Waals surface area contributed by atoms with Crippen LogP contribution in [0.1, 0.15) is 105 Å². The predicted molar refractivity (Wildman–Crippen MR) is 114 cm³/mol. The third kappa shape index (κ3) is 15.8. The van der Waals surface area contributed by atoms with E-state index in [1.54, 1.807) is 12.2 Å². The normalized spacial score (nSPS) is 13.0. The lowest BCUT2D eigenvalue weighted by atomic mass is 10.2. The largest absolute Gasteiger partial charge is 0.544 e. The molecule has 0 fully saturated rings. The van der Waals surface area contributed by atoms with Crippen molar-refractivity contribution in [2.24, 2.45) is 0 Å². The highest BCUT2D eigenvalue weighted by molar-refractivity contribution is 5.68.